The first-order valence-electron chi connectivity index (χ1n) is 6.34. The van der Waals surface area contributed by atoms with E-state index in [1.165, 1.54) is 6.07 Å². The first kappa shape index (κ1) is 13.1. The second kappa shape index (κ2) is 4.86. The molecule has 0 N–H and O–H groups in total. The zero-order valence-corrected chi connectivity index (χ0v) is 11.2. The van der Waals surface area contributed by atoms with Crippen molar-refractivity contribution in [2.24, 2.45) is 0 Å². The smallest absolute Gasteiger partial charge is 0.344 e. The molecule has 0 amide bonds. The maximum absolute atomic E-state index is 12.1. The number of aryl methyl sites for hydroxylation is 1. The maximum atomic E-state index is 12.1. The van der Waals surface area contributed by atoms with E-state index in [2.05, 4.69) is 0 Å². The molecule has 0 aliphatic heterocycles. The van der Waals surface area contributed by atoms with Crippen LogP contribution < -0.4 is 5.63 Å². The highest BCUT2D eigenvalue weighted by Crippen LogP contribution is 2.26. The number of para-hydroxylation sites is 1. The van der Waals surface area contributed by atoms with E-state index in [0.29, 0.717) is 22.3 Å². The van der Waals surface area contributed by atoms with Crippen LogP contribution in [0, 0.1) is 17.0 Å². The average Bonchev–Trinajstić information content (AvgIpc) is 2.47. The van der Waals surface area contributed by atoms with Gasteiger partial charge in [0.25, 0.3) is 5.69 Å². The molecule has 0 spiro atoms. The molecule has 0 aliphatic carbocycles. The Morgan fingerprint density at radius 1 is 1.10 bits per heavy atom. The van der Waals surface area contributed by atoms with Gasteiger partial charge in [0.15, 0.2) is 0 Å². The predicted octanol–water partition coefficient (Wildman–Crippen LogP) is 3.68. The normalized spacial score (nSPS) is 10.7. The van der Waals surface area contributed by atoms with E-state index in [1.807, 2.05) is 12.1 Å². The molecule has 21 heavy (non-hydrogen) atoms. The molecule has 1 aromatic heterocycles. The second-order valence-electron chi connectivity index (χ2n) is 4.74. The number of fused-ring (bicyclic) bond motifs is 1. The van der Waals surface area contributed by atoms with Gasteiger partial charge in [0.2, 0.25) is 0 Å². The zero-order valence-electron chi connectivity index (χ0n) is 11.2. The molecule has 104 valence electrons. The summed E-state index contributed by atoms with van der Waals surface area (Å²) >= 11 is 0. The van der Waals surface area contributed by atoms with Crippen molar-refractivity contribution in [2.45, 2.75) is 6.92 Å². The van der Waals surface area contributed by atoms with Gasteiger partial charge in [-0.05, 0) is 24.6 Å². The number of hydrogen-bond acceptors (Lipinski definition) is 4. The molecular weight excluding hydrogens is 270 g/mol. The van der Waals surface area contributed by atoms with Crippen LogP contribution in [0.3, 0.4) is 0 Å². The van der Waals surface area contributed by atoms with Crippen molar-refractivity contribution >= 4 is 16.7 Å². The topological polar surface area (TPSA) is 73.3 Å². The fourth-order valence-electron chi connectivity index (χ4n) is 2.24. The van der Waals surface area contributed by atoms with Crippen molar-refractivity contribution in [2.75, 3.05) is 0 Å². The molecule has 0 saturated heterocycles. The highest BCUT2D eigenvalue weighted by molar-refractivity contribution is 5.82. The molecule has 5 heteroatoms. The number of benzene rings is 2. The summed E-state index contributed by atoms with van der Waals surface area (Å²) in [6.45, 7) is 1.66. The number of hydrogen-bond donors (Lipinski definition) is 0. The first-order valence-corrected chi connectivity index (χ1v) is 6.34. The minimum atomic E-state index is -0.508. The van der Waals surface area contributed by atoms with E-state index in [4.69, 9.17) is 4.42 Å². The fourth-order valence-corrected chi connectivity index (χ4v) is 2.24. The number of nitro benzene ring substituents is 1. The lowest BCUT2D eigenvalue weighted by Crippen LogP contribution is -2.03. The van der Waals surface area contributed by atoms with E-state index in [1.54, 1.807) is 37.3 Å². The van der Waals surface area contributed by atoms with Gasteiger partial charge < -0.3 is 4.42 Å². The highest BCUT2D eigenvalue weighted by atomic mass is 16.6. The van der Waals surface area contributed by atoms with Crippen molar-refractivity contribution in [3.63, 3.8) is 0 Å². The number of nitrogens with zero attached hydrogens (tertiary/aromatic N) is 1. The summed E-state index contributed by atoms with van der Waals surface area (Å²) < 4.78 is 5.25. The largest absolute Gasteiger partial charge is 0.422 e. The van der Waals surface area contributed by atoms with Crippen LogP contribution in [0.5, 0.6) is 0 Å². The van der Waals surface area contributed by atoms with Crippen LogP contribution in [-0.2, 0) is 0 Å². The Labute approximate surface area is 119 Å². The quantitative estimate of drug-likeness (QED) is 0.408. The van der Waals surface area contributed by atoms with Gasteiger partial charge in [-0.2, -0.15) is 0 Å². The van der Waals surface area contributed by atoms with E-state index in [-0.39, 0.29) is 5.69 Å². The van der Waals surface area contributed by atoms with Gasteiger partial charge in [-0.1, -0.05) is 30.3 Å². The van der Waals surface area contributed by atoms with Crippen LogP contribution >= 0.6 is 0 Å². The van der Waals surface area contributed by atoms with Crippen LogP contribution in [0.4, 0.5) is 5.69 Å². The molecule has 0 aliphatic rings. The second-order valence-corrected chi connectivity index (χ2v) is 4.74. The summed E-state index contributed by atoms with van der Waals surface area (Å²) in [5.41, 5.74) is 1.32. The van der Waals surface area contributed by atoms with Gasteiger partial charge in [0.05, 0.1) is 10.5 Å². The van der Waals surface area contributed by atoms with Crippen molar-refractivity contribution in [1.82, 2.24) is 0 Å². The summed E-state index contributed by atoms with van der Waals surface area (Å²) in [4.78, 5) is 22.6. The lowest BCUT2D eigenvalue weighted by Gasteiger charge is -2.04. The van der Waals surface area contributed by atoms with Crippen molar-refractivity contribution < 1.29 is 9.34 Å². The Morgan fingerprint density at radius 2 is 1.86 bits per heavy atom. The third kappa shape index (κ3) is 2.29. The average molecular weight is 281 g/mol. The predicted molar refractivity (Wildman–Crippen MR) is 79.3 cm³/mol. The van der Waals surface area contributed by atoms with E-state index in [9.17, 15) is 14.9 Å². The van der Waals surface area contributed by atoms with Crippen LogP contribution in [-0.4, -0.2) is 4.92 Å². The van der Waals surface area contributed by atoms with Crippen LogP contribution in [0.25, 0.3) is 22.1 Å². The van der Waals surface area contributed by atoms with E-state index in [0.717, 1.165) is 5.39 Å². The molecule has 0 atom stereocenters. The molecule has 0 fully saturated rings. The SMILES string of the molecule is Cc1ccc(-c2cc3ccccc3oc2=O)cc1[N+](=O)[O-]. The Balaban J connectivity index is 2.25. The van der Waals surface area contributed by atoms with Crippen molar-refractivity contribution in [3.05, 3.63) is 74.6 Å². The Kier molecular flexibility index (Phi) is 3.02. The monoisotopic (exact) mass is 281 g/mol. The molecule has 0 saturated carbocycles. The summed E-state index contributed by atoms with van der Waals surface area (Å²) in [6, 6.07) is 13.5. The summed E-state index contributed by atoms with van der Waals surface area (Å²) in [5, 5.41) is 11.8. The first-order chi connectivity index (χ1) is 10.1. The Bertz CT molecular complexity index is 912. The minimum Gasteiger partial charge on any atom is -0.422 e. The van der Waals surface area contributed by atoms with E-state index >= 15 is 0 Å². The molecule has 2 aromatic carbocycles. The van der Waals surface area contributed by atoms with E-state index < -0.39 is 10.5 Å². The standard InChI is InChI=1S/C16H11NO4/c1-10-6-7-11(9-14(10)17(19)20)13-8-12-4-2-3-5-15(12)21-16(13)18/h2-9H,1H3. The molecule has 3 rings (SSSR count). The Morgan fingerprint density at radius 3 is 2.62 bits per heavy atom. The van der Waals surface area contributed by atoms with Gasteiger partial charge in [-0.3, -0.25) is 10.1 Å². The van der Waals surface area contributed by atoms with Crippen LogP contribution in [0.15, 0.2) is 57.7 Å². The molecule has 0 bridgehead atoms. The molecule has 1 heterocycles. The lowest BCUT2D eigenvalue weighted by molar-refractivity contribution is -0.385. The number of rotatable bonds is 2. The molecule has 3 aromatic rings. The molecule has 0 radical (unpaired) electrons. The summed E-state index contributed by atoms with van der Waals surface area (Å²) in [6.07, 6.45) is 0. The summed E-state index contributed by atoms with van der Waals surface area (Å²) in [7, 11) is 0. The van der Waals surface area contributed by atoms with Crippen molar-refractivity contribution in [3.8, 4) is 11.1 Å². The third-order valence-electron chi connectivity index (χ3n) is 3.36. The lowest BCUT2D eigenvalue weighted by atomic mass is 10.0. The molecule has 0 unspecified atom stereocenters. The van der Waals surface area contributed by atoms with Crippen LogP contribution in [0.1, 0.15) is 5.56 Å². The van der Waals surface area contributed by atoms with Gasteiger partial charge in [0, 0.05) is 17.0 Å². The van der Waals surface area contributed by atoms with Gasteiger partial charge in [0.1, 0.15) is 5.58 Å². The molecular formula is C16H11NO4. The van der Waals surface area contributed by atoms with Gasteiger partial charge >= 0.3 is 5.63 Å². The minimum absolute atomic E-state index is 0.0138. The van der Waals surface area contributed by atoms with Crippen LogP contribution in [0.2, 0.25) is 0 Å². The third-order valence-corrected chi connectivity index (χ3v) is 3.36. The van der Waals surface area contributed by atoms with Gasteiger partial charge in [-0.15, -0.1) is 0 Å². The number of nitro groups is 1. The summed E-state index contributed by atoms with van der Waals surface area (Å²) in [5.74, 6) is 0. The van der Waals surface area contributed by atoms with Gasteiger partial charge in [-0.25, -0.2) is 4.79 Å². The van der Waals surface area contributed by atoms with Crippen molar-refractivity contribution in [1.29, 1.82) is 0 Å². The molecule has 5 nitrogen and oxygen atoms in total. The highest BCUT2D eigenvalue weighted by Gasteiger charge is 2.14. The fraction of sp³-hybridized carbons (Fsp3) is 0.0625. The maximum Gasteiger partial charge on any atom is 0.344 e. The zero-order chi connectivity index (χ0) is 15.0. The Hall–Kier alpha value is -2.95.